The van der Waals surface area contributed by atoms with Gasteiger partial charge in [-0.3, -0.25) is 9.78 Å². The van der Waals surface area contributed by atoms with E-state index in [1.54, 1.807) is 6.07 Å². The van der Waals surface area contributed by atoms with E-state index in [0.29, 0.717) is 11.3 Å². The summed E-state index contributed by atoms with van der Waals surface area (Å²) in [6, 6.07) is 5.97. The molecular formula is C25H25F4N3O4S. The monoisotopic (exact) mass is 539 g/mol. The van der Waals surface area contributed by atoms with E-state index in [1.807, 2.05) is 0 Å². The number of halogens is 4. The summed E-state index contributed by atoms with van der Waals surface area (Å²) in [4.78, 5) is 20.7. The normalized spacial score (nSPS) is 21.0. The number of carbonyl (C=O) groups is 1. The molecule has 1 aromatic heterocycles. The number of aliphatic imine (C=N–C) groups is 1. The Kier molecular flexibility index (Phi) is 6.59. The van der Waals surface area contributed by atoms with Crippen molar-refractivity contribution in [2.75, 3.05) is 18.2 Å². The molecule has 2 fully saturated rings. The van der Waals surface area contributed by atoms with E-state index in [2.05, 4.69) is 15.3 Å². The first-order valence-corrected chi connectivity index (χ1v) is 13.8. The highest BCUT2D eigenvalue weighted by Crippen LogP contribution is 2.41. The van der Waals surface area contributed by atoms with Crippen molar-refractivity contribution in [2.24, 2.45) is 10.9 Å². The third-order valence-corrected chi connectivity index (χ3v) is 7.81. The first-order valence-electron chi connectivity index (χ1n) is 11.9. The lowest BCUT2D eigenvalue weighted by molar-refractivity contribution is -0.145. The number of rotatable bonds is 8. The van der Waals surface area contributed by atoms with Crippen molar-refractivity contribution in [2.45, 2.75) is 61.9 Å². The molecule has 1 saturated carbocycles. The summed E-state index contributed by atoms with van der Waals surface area (Å²) in [5.74, 6) is -2.91. The van der Waals surface area contributed by atoms with Gasteiger partial charge in [0.25, 0.3) is 12.3 Å². The number of alkyl halides is 4. The van der Waals surface area contributed by atoms with Crippen molar-refractivity contribution in [3.63, 3.8) is 0 Å². The maximum atomic E-state index is 13.5. The molecule has 2 aliphatic heterocycles. The van der Waals surface area contributed by atoms with Gasteiger partial charge in [0.1, 0.15) is 18.1 Å². The molecule has 37 heavy (non-hydrogen) atoms. The molecule has 1 aromatic carbocycles. The number of sulfone groups is 1. The average Bonchev–Trinajstić information content (AvgIpc) is 3.58. The lowest BCUT2D eigenvalue weighted by Crippen LogP contribution is -2.31. The van der Waals surface area contributed by atoms with Gasteiger partial charge in [-0.2, -0.15) is 0 Å². The number of ether oxygens (including phenoxy) is 1. The number of aromatic nitrogens is 1. The number of anilines is 2. The minimum absolute atomic E-state index is 0.00863. The summed E-state index contributed by atoms with van der Waals surface area (Å²) in [5.41, 5.74) is 1.33. The van der Waals surface area contributed by atoms with Crippen LogP contribution in [0.1, 0.15) is 48.7 Å². The molecule has 7 nitrogen and oxygen atoms in total. The first-order chi connectivity index (χ1) is 17.4. The fourth-order valence-electron chi connectivity index (χ4n) is 4.57. The Morgan fingerprint density at radius 3 is 2.57 bits per heavy atom. The van der Waals surface area contributed by atoms with Gasteiger partial charge in [-0.05, 0) is 43.0 Å². The molecule has 1 saturated heterocycles. The molecule has 198 valence electrons. The summed E-state index contributed by atoms with van der Waals surface area (Å²) in [7, 11) is -3.80. The fourth-order valence-corrected chi connectivity index (χ4v) is 5.44. The Labute approximate surface area is 211 Å². The van der Waals surface area contributed by atoms with Crippen molar-refractivity contribution in [3.8, 4) is 0 Å². The van der Waals surface area contributed by atoms with Crippen molar-refractivity contribution in [3.05, 3.63) is 41.2 Å². The topological polar surface area (TPSA) is 97.7 Å². The number of hydrogen-bond acceptors (Lipinski definition) is 7. The molecule has 3 aliphatic rings. The summed E-state index contributed by atoms with van der Waals surface area (Å²) < 4.78 is 84.4. The van der Waals surface area contributed by atoms with Gasteiger partial charge in [-0.1, -0.05) is 6.07 Å². The molecule has 1 N–H and O–H groups in total. The van der Waals surface area contributed by atoms with Crippen LogP contribution in [-0.4, -0.2) is 50.1 Å². The molecule has 5 rings (SSSR count). The Bertz CT molecular complexity index is 1380. The zero-order valence-corrected chi connectivity index (χ0v) is 20.8. The Balaban J connectivity index is 1.50. The number of pyridine rings is 1. The van der Waals surface area contributed by atoms with Crippen LogP contribution in [0, 0.1) is 5.92 Å². The Morgan fingerprint density at radius 2 is 1.95 bits per heavy atom. The van der Waals surface area contributed by atoms with E-state index in [9.17, 15) is 30.8 Å². The minimum Gasteiger partial charge on any atom is -0.367 e. The van der Waals surface area contributed by atoms with Crippen LogP contribution < -0.4 is 5.32 Å². The van der Waals surface area contributed by atoms with Crippen LogP contribution in [0.5, 0.6) is 0 Å². The van der Waals surface area contributed by atoms with E-state index in [-0.39, 0.29) is 70.7 Å². The second-order valence-electron chi connectivity index (χ2n) is 9.80. The average molecular weight is 540 g/mol. The molecule has 0 amide bonds. The van der Waals surface area contributed by atoms with Crippen LogP contribution in [0.4, 0.5) is 34.6 Å². The third-order valence-electron chi connectivity index (χ3n) is 6.68. The number of benzene rings is 1. The van der Waals surface area contributed by atoms with Gasteiger partial charge < -0.3 is 10.1 Å². The highest BCUT2D eigenvalue weighted by molar-refractivity contribution is 7.90. The number of Topliss-reactive ketones (excluding diaryl/α,β-unsaturated/α-hetero) is 1. The molecule has 0 bridgehead atoms. The number of hydrogen-bond donors (Lipinski definition) is 1. The summed E-state index contributed by atoms with van der Waals surface area (Å²) in [6.07, 6.45) is -1.29. The van der Waals surface area contributed by atoms with Crippen LogP contribution in [-0.2, 0) is 32.2 Å². The second-order valence-corrected chi connectivity index (χ2v) is 11.8. The van der Waals surface area contributed by atoms with E-state index in [1.165, 1.54) is 18.2 Å². The van der Waals surface area contributed by atoms with Crippen LogP contribution in [0.25, 0.3) is 0 Å². The van der Waals surface area contributed by atoms with Gasteiger partial charge >= 0.3 is 0 Å². The standard InChI is InChI=1S/C25H25F4N3O4S/c1-37(34,35)22-8-14(21-6-7-25(28,29)12-36-21)4-5-16(22)31-17-9-15(10-20(33)13-2-3-13)30-18-11-19(24(26)27)32-23(17)18/h4-5,8-9,13,21,24H,2-3,6-7,10-12H2,1H3,(H,30,31)/t21-/m0/s1. The first kappa shape index (κ1) is 25.8. The molecule has 3 heterocycles. The number of ketones is 1. The van der Waals surface area contributed by atoms with E-state index in [0.717, 1.165) is 19.1 Å². The summed E-state index contributed by atoms with van der Waals surface area (Å²) >= 11 is 0. The fraction of sp³-hybridized carbons (Fsp3) is 0.480. The molecule has 1 aliphatic carbocycles. The smallest absolute Gasteiger partial charge is 0.277 e. The number of fused-ring (bicyclic) bond motifs is 1. The zero-order valence-electron chi connectivity index (χ0n) is 19.9. The molecular weight excluding hydrogens is 514 g/mol. The van der Waals surface area contributed by atoms with Crippen molar-refractivity contribution < 1.29 is 35.5 Å². The van der Waals surface area contributed by atoms with Crippen LogP contribution in [0.3, 0.4) is 0 Å². The lowest BCUT2D eigenvalue weighted by Gasteiger charge is -2.29. The van der Waals surface area contributed by atoms with Gasteiger partial charge in [0, 0.05) is 31.4 Å². The predicted octanol–water partition coefficient (Wildman–Crippen LogP) is 5.13. The lowest BCUT2D eigenvalue weighted by atomic mass is 9.99. The van der Waals surface area contributed by atoms with Crippen molar-refractivity contribution in [1.82, 2.24) is 4.98 Å². The summed E-state index contributed by atoms with van der Waals surface area (Å²) in [6.45, 7) is -0.748. The van der Waals surface area contributed by atoms with Gasteiger partial charge in [-0.25, -0.2) is 31.0 Å². The molecule has 1 atom stereocenters. The van der Waals surface area contributed by atoms with Crippen LogP contribution in [0.2, 0.25) is 0 Å². The number of nitrogens with zero attached hydrogens (tertiary/aromatic N) is 2. The number of nitrogens with one attached hydrogen (secondary N) is 1. The quantitative estimate of drug-likeness (QED) is 0.467. The van der Waals surface area contributed by atoms with Crippen molar-refractivity contribution in [1.29, 1.82) is 0 Å². The maximum absolute atomic E-state index is 13.5. The van der Waals surface area contributed by atoms with E-state index in [4.69, 9.17) is 4.74 Å². The van der Waals surface area contributed by atoms with Gasteiger partial charge in [0.15, 0.2) is 9.84 Å². The predicted molar refractivity (Wildman–Crippen MR) is 128 cm³/mol. The van der Waals surface area contributed by atoms with Gasteiger partial charge in [0.2, 0.25) is 0 Å². The van der Waals surface area contributed by atoms with E-state index >= 15 is 0 Å². The third kappa shape index (κ3) is 5.69. The Morgan fingerprint density at radius 1 is 1.19 bits per heavy atom. The molecule has 0 unspecified atom stereocenters. The molecule has 2 aromatic rings. The highest BCUT2D eigenvalue weighted by Gasteiger charge is 2.37. The van der Waals surface area contributed by atoms with E-state index < -0.39 is 34.9 Å². The van der Waals surface area contributed by atoms with Crippen LogP contribution in [0.15, 0.2) is 34.2 Å². The van der Waals surface area contributed by atoms with Crippen LogP contribution >= 0.6 is 0 Å². The largest absolute Gasteiger partial charge is 0.367 e. The van der Waals surface area contributed by atoms with Gasteiger partial charge in [-0.15, -0.1) is 0 Å². The molecule has 12 heteroatoms. The zero-order chi connectivity index (χ0) is 26.5. The van der Waals surface area contributed by atoms with Crippen molar-refractivity contribution >= 4 is 38.4 Å². The molecule has 0 spiro atoms. The minimum atomic E-state index is -3.80. The maximum Gasteiger partial charge on any atom is 0.277 e. The van der Waals surface area contributed by atoms with Gasteiger partial charge in [0.05, 0.1) is 39.5 Å². The molecule has 0 radical (unpaired) electrons. The second kappa shape index (κ2) is 9.46. The highest BCUT2D eigenvalue weighted by atomic mass is 32.2. The number of carbonyl (C=O) groups excluding carboxylic acids is 1. The Hall–Kier alpha value is -2.86. The SMILES string of the molecule is CS(=O)(=O)c1cc([C@@H]2CCC(F)(F)CO2)ccc1Nc1cc(CC(=O)C2CC2)nc2c1N=C(C(F)F)C2. The summed E-state index contributed by atoms with van der Waals surface area (Å²) in [5, 5.41) is 3.00.